The van der Waals surface area contributed by atoms with Gasteiger partial charge in [-0.1, -0.05) is 0 Å². The molecule has 8 heteroatoms. The lowest BCUT2D eigenvalue weighted by Crippen LogP contribution is -2.14. The Morgan fingerprint density at radius 2 is 1.21 bits per heavy atom. The highest BCUT2D eigenvalue weighted by molar-refractivity contribution is 7.92. The molecule has 0 unspecified atom stereocenters. The average molecular weight is 412 g/mol. The van der Waals surface area contributed by atoms with E-state index in [1.165, 1.54) is 31.4 Å². The number of rotatable bonds is 7. The standard InChI is InChI=1S/C21H20N2O5S/c1-27-18-9-3-15(4-10-18)21(24)22-16-7-13-20(14-8-16)29(25,26)23-17-5-11-19(28-2)12-6-17/h3-14,23H,1-2H3,(H,22,24). The maximum atomic E-state index is 12.5. The van der Waals surface area contributed by atoms with Crippen molar-refractivity contribution in [1.29, 1.82) is 0 Å². The molecule has 0 radical (unpaired) electrons. The average Bonchev–Trinajstić information content (AvgIpc) is 2.74. The number of ether oxygens (including phenoxy) is 2. The highest BCUT2D eigenvalue weighted by Gasteiger charge is 2.15. The van der Waals surface area contributed by atoms with Crippen LogP contribution in [-0.4, -0.2) is 28.5 Å². The second kappa shape index (κ2) is 8.66. The number of hydrogen-bond acceptors (Lipinski definition) is 5. The SMILES string of the molecule is COc1ccc(NS(=O)(=O)c2ccc(NC(=O)c3ccc(OC)cc3)cc2)cc1. The van der Waals surface area contributed by atoms with Gasteiger partial charge in [0.15, 0.2) is 0 Å². The van der Waals surface area contributed by atoms with E-state index in [4.69, 9.17) is 9.47 Å². The molecule has 0 saturated carbocycles. The fraction of sp³-hybridized carbons (Fsp3) is 0.0952. The Hall–Kier alpha value is -3.52. The van der Waals surface area contributed by atoms with E-state index in [2.05, 4.69) is 10.0 Å². The highest BCUT2D eigenvalue weighted by Crippen LogP contribution is 2.21. The molecule has 3 aromatic rings. The van der Waals surface area contributed by atoms with Gasteiger partial charge in [0.2, 0.25) is 0 Å². The summed E-state index contributed by atoms with van der Waals surface area (Å²) in [4.78, 5) is 12.4. The predicted molar refractivity (Wildman–Crippen MR) is 111 cm³/mol. The van der Waals surface area contributed by atoms with E-state index in [0.717, 1.165) is 0 Å². The molecule has 0 aliphatic heterocycles. The monoisotopic (exact) mass is 412 g/mol. The van der Waals surface area contributed by atoms with Gasteiger partial charge in [-0.05, 0) is 72.8 Å². The first-order chi connectivity index (χ1) is 13.9. The van der Waals surface area contributed by atoms with E-state index in [1.54, 1.807) is 55.6 Å². The van der Waals surface area contributed by atoms with E-state index < -0.39 is 10.0 Å². The van der Waals surface area contributed by atoms with Gasteiger partial charge in [-0.25, -0.2) is 8.42 Å². The zero-order valence-electron chi connectivity index (χ0n) is 15.9. The Bertz CT molecular complexity index is 1080. The lowest BCUT2D eigenvalue weighted by atomic mass is 10.2. The molecule has 0 heterocycles. The van der Waals surface area contributed by atoms with E-state index in [9.17, 15) is 13.2 Å². The zero-order valence-corrected chi connectivity index (χ0v) is 16.7. The molecule has 1 amide bonds. The molecule has 0 bridgehead atoms. The second-order valence-corrected chi connectivity index (χ2v) is 7.72. The number of carbonyl (C=O) groups excluding carboxylic acids is 1. The summed E-state index contributed by atoms with van der Waals surface area (Å²) in [6.45, 7) is 0. The first-order valence-electron chi connectivity index (χ1n) is 8.63. The van der Waals surface area contributed by atoms with Gasteiger partial charge in [0.1, 0.15) is 11.5 Å². The Morgan fingerprint density at radius 1 is 0.724 bits per heavy atom. The van der Waals surface area contributed by atoms with Crippen LogP contribution in [0, 0.1) is 0 Å². The van der Waals surface area contributed by atoms with Crippen molar-refractivity contribution in [3.05, 3.63) is 78.4 Å². The summed E-state index contributed by atoms with van der Waals surface area (Å²) >= 11 is 0. The van der Waals surface area contributed by atoms with Crippen LogP contribution in [0.1, 0.15) is 10.4 Å². The molecule has 29 heavy (non-hydrogen) atoms. The van der Waals surface area contributed by atoms with Crippen molar-refractivity contribution in [3.8, 4) is 11.5 Å². The summed E-state index contributed by atoms with van der Waals surface area (Å²) in [5.41, 5.74) is 1.36. The molecule has 0 aromatic heterocycles. The van der Waals surface area contributed by atoms with Crippen molar-refractivity contribution in [2.45, 2.75) is 4.90 Å². The van der Waals surface area contributed by atoms with Crippen LogP contribution in [0.4, 0.5) is 11.4 Å². The number of amides is 1. The molecule has 150 valence electrons. The van der Waals surface area contributed by atoms with Crippen LogP contribution in [0.3, 0.4) is 0 Å². The molecule has 7 nitrogen and oxygen atoms in total. The molecule has 3 rings (SSSR count). The molecule has 0 aliphatic carbocycles. The van der Waals surface area contributed by atoms with Gasteiger partial charge in [0.25, 0.3) is 15.9 Å². The summed E-state index contributed by atoms with van der Waals surface area (Å²) in [5.74, 6) is 0.977. The topological polar surface area (TPSA) is 93.7 Å². The van der Waals surface area contributed by atoms with Crippen molar-refractivity contribution in [3.63, 3.8) is 0 Å². The van der Waals surface area contributed by atoms with Crippen LogP contribution in [-0.2, 0) is 10.0 Å². The van der Waals surface area contributed by atoms with Crippen molar-refractivity contribution in [1.82, 2.24) is 0 Å². The smallest absolute Gasteiger partial charge is 0.261 e. The molecule has 2 N–H and O–H groups in total. The van der Waals surface area contributed by atoms with Crippen LogP contribution in [0.2, 0.25) is 0 Å². The largest absolute Gasteiger partial charge is 0.497 e. The third-order valence-corrected chi connectivity index (χ3v) is 5.51. The van der Waals surface area contributed by atoms with Gasteiger partial charge in [-0.15, -0.1) is 0 Å². The minimum Gasteiger partial charge on any atom is -0.497 e. The van der Waals surface area contributed by atoms with Gasteiger partial charge in [-0.2, -0.15) is 0 Å². The molecule has 0 fully saturated rings. The van der Waals surface area contributed by atoms with Crippen molar-refractivity contribution < 1.29 is 22.7 Å². The van der Waals surface area contributed by atoms with Crippen molar-refractivity contribution in [2.75, 3.05) is 24.3 Å². The van der Waals surface area contributed by atoms with Crippen LogP contribution in [0.25, 0.3) is 0 Å². The summed E-state index contributed by atoms with van der Waals surface area (Å²) in [5, 5.41) is 2.73. The quantitative estimate of drug-likeness (QED) is 0.616. The molecule has 0 aliphatic rings. The lowest BCUT2D eigenvalue weighted by Gasteiger charge is -2.10. The predicted octanol–water partition coefficient (Wildman–Crippen LogP) is 3.76. The molecule has 3 aromatic carbocycles. The van der Waals surface area contributed by atoms with Crippen molar-refractivity contribution >= 4 is 27.3 Å². The Labute approximate surface area is 169 Å². The Morgan fingerprint density at radius 3 is 1.72 bits per heavy atom. The Balaban J connectivity index is 1.68. The number of carbonyl (C=O) groups is 1. The second-order valence-electron chi connectivity index (χ2n) is 6.04. The summed E-state index contributed by atoms with van der Waals surface area (Å²) in [7, 11) is -0.670. The minimum absolute atomic E-state index is 0.0794. The minimum atomic E-state index is -3.76. The third kappa shape index (κ3) is 5.05. The van der Waals surface area contributed by atoms with Crippen LogP contribution in [0.5, 0.6) is 11.5 Å². The first kappa shape index (κ1) is 20.2. The Kier molecular flexibility index (Phi) is 6.04. The van der Waals surface area contributed by atoms with Gasteiger partial charge in [0.05, 0.1) is 19.1 Å². The van der Waals surface area contributed by atoms with Crippen LogP contribution in [0.15, 0.2) is 77.7 Å². The number of anilines is 2. The van der Waals surface area contributed by atoms with E-state index in [-0.39, 0.29) is 10.8 Å². The molecule has 0 saturated heterocycles. The highest BCUT2D eigenvalue weighted by atomic mass is 32.2. The summed E-state index contributed by atoms with van der Waals surface area (Å²) in [6, 6.07) is 19.1. The van der Waals surface area contributed by atoms with Gasteiger partial charge in [-0.3, -0.25) is 9.52 Å². The maximum absolute atomic E-state index is 12.5. The third-order valence-electron chi connectivity index (χ3n) is 4.12. The summed E-state index contributed by atoms with van der Waals surface area (Å²) in [6.07, 6.45) is 0. The fourth-order valence-electron chi connectivity index (χ4n) is 2.54. The maximum Gasteiger partial charge on any atom is 0.261 e. The number of hydrogen-bond donors (Lipinski definition) is 2. The van der Waals surface area contributed by atoms with Crippen LogP contribution < -0.4 is 19.5 Å². The van der Waals surface area contributed by atoms with E-state index in [0.29, 0.717) is 28.4 Å². The first-order valence-corrected chi connectivity index (χ1v) is 10.1. The van der Waals surface area contributed by atoms with Gasteiger partial charge < -0.3 is 14.8 Å². The fourth-order valence-corrected chi connectivity index (χ4v) is 3.59. The van der Waals surface area contributed by atoms with Crippen LogP contribution >= 0.6 is 0 Å². The van der Waals surface area contributed by atoms with Gasteiger partial charge >= 0.3 is 0 Å². The van der Waals surface area contributed by atoms with E-state index >= 15 is 0 Å². The zero-order chi connectivity index (χ0) is 20.9. The number of methoxy groups -OCH3 is 2. The number of sulfonamides is 1. The van der Waals surface area contributed by atoms with Crippen molar-refractivity contribution in [2.24, 2.45) is 0 Å². The number of nitrogens with one attached hydrogen (secondary N) is 2. The normalized spacial score (nSPS) is 10.8. The van der Waals surface area contributed by atoms with E-state index in [1.807, 2.05) is 0 Å². The molecule has 0 atom stereocenters. The van der Waals surface area contributed by atoms with Gasteiger partial charge in [0, 0.05) is 16.9 Å². The lowest BCUT2D eigenvalue weighted by molar-refractivity contribution is 0.102. The number of benzene rings is 3. The molecule has 0 spiro atoms. The molecular formula is C21H20N2O5S. The molecular weight excluding hydrogens is 392 g/mol. The summed E-state index contributed by atoms with van der Waals surface area (Å²) < 4.78 is 37.7.